The van der Waals surface area contributed by atoms with Crippen molar-refractivity contribution in [2.75, 3.05) is 11.9 Å². The Hall–Kier alpha value is -3.10. The minimum absolute atomic E-state index is 0.0984. The molecule has 1 aromatic carbocycles. The van der Waals surface area contributed by atoms with Gasteiger partial charge >= 0.3 is 6.18 Å². The van der Waals surface area contributed by atoms with Crippen LogP contribution in [0.25, 0.3) is 0 Å². The summed E-state index contributed by atoms with van der Waals surface area (Å²) >= 11 is 0. The molecule has 3 rings (SSSR count). The number of halogens is 3. The summed E-state index contributed by atoms with van der Waals surface area (Å²) < 4.78 is 41.3. The van der Waals surface area contributed by atoms with Crippen molar-refractivity contribution in [3.63, 3.8) is 0 Å². The van der Waals surface area contributed by atoms with Crippen LogP contribution in [-0.2, 0) is 22.6 Å². The monoisotopic (exact) mass is 435 g/mol. The highest BCUT2D eigenvalue weighted by Gasteiger charge is 2.34. The normalized spacial score (nSPS) is 16.1. The SMILES string of the molecule is CC(C)CC(=O)N1Cc2ccccc2CC1C(=O)Nc1ccc(OCC(F)(F)F)nc1. The molecule has 2 aromatic rings. The highest BCUT2D eigenvalue weighted by atomic mass is 19.4. The molecule has 2 amide bonds. The summed E-state index contributed by atoms with van der Waals surface area (Å²) in [4.78, 5) is 31.2. The van der Waals surface area contributed by atoms with Crippen LogP contribution in [0.2, 0.25) is 0 Å². The first-order valence-electron chi connectivity index (χ1n) is 9.95. The number of rotatable bonds is 6. The number of ether oxygens (including phenoxy) is 1. The number of carbonyl (C=O) groups excluding carboxylic acids is 2. The quantitative estimate of drug-likeness (QED) is 0.746. The van der Waals surface area contributed by atoms with Crippen molar-refractivity contribution in [1.29, 1.82) is 0 Å². The van der Waals surface area contributed by atoms with Crippen molar-refractivity contribution >= 4 is 17.5 Å². The highest BCUT2D eigenvalue weighted by molar-refractivity contribution is 5.97. The van der Waals surface area contributed by atoms with Crippen LogP contribution in [0.3, 0.4) is 0 Å². The summed E-state index contributed by atoms with van der Waals surface area (Å²) in [5.74, 6) is -0.520. The fraction of sp³-hybridized carbons (Fsp3) is 0.409. The molecule has 6 nitrogen and oxygen atoms in total. The van der Waals surface area contributed by atoms with Gasteiger partial charge in [-0.1, -0.05) is 38.1 Å². The summed E-state index contributed by atoms with van der Waals surface area (Å²) in [7, 11) is 0. The molecule has 2 heterocycles. The largest absolute Gasteiger partial charge is 0.468 e. The molecule has 1 unspecified atom stereocenters. The molecule has 1 N–H and O–H groups in total. The molecular formula is C22H24F3N3O3. The molecule has 0 fully saturated rings. The number of anilines is 1. The smallest absolute Gasteiger partial charge is 0.422 e. The molecule has 9 heteroatoms. The third-order valence-corrected chi connectivity index (χ3v) is 4.84. The van der Waals surface area contributed by atoms with E-state index in [9.17, 15) is 22.8 Å². The van der Waals surface area contributed by atoms with E-state index in [4.69, 9.17) is 0 Å². The van der Waals surface area contributed by atoms with E-state index in [1.54, 1.807) is 4.90 Å². The zero-order valence-electron chi connectivity index (χ0n) is 17.3. The Kier molecular flexibility index (Phi) is 6.82. The summed E-state index contributed by atoms with van der Waals surface area (Å²) in [5.41, 5.74) is 2.32. The zero-order chi connectivity index (χ0) is 22.6. The molecule has 166 valence electrons. The van der Waals surface area contributed by atoms with Crippen molar-refractivity contribution < 1.29 is 27.5 Å². The van der Waals surface area contributed by atoms with Gasteiger partial charge in [-0.3, -0.25) is 9.59 Å². The standard InChI is InChI=1S/C22H24F3N3O3/c1-14(2)9-20(29)28-12-16-6-4-3-5-15(16)10-18(28)21(30)27-17-7-8-19(26-11-17)31-13-22(23,24)25/h3-8,11,14,18H,9-10,12-13H2,1-2H3,(H,27,30). The number of hydrogen-bond donors (Lipinski definition) is 1. The Bertz CT molecular complexity index is 930. The number of carbonyl (C=O) groups is 2. The maximum Gasteiger partial charge on any atom is 0.422 e. The second-order valence-electron chi connectivity index (χ2n) is 7.89. The second-order valence-corrected chi connectivity index (χ2v) is 7.89. The molecular weight excluding hydrogens is 411 g/mol. The lowest BCUT2D eigenvalue weighted by Crippen LogP contribution is -2.50. The first-order chi connectivity index (χ1) is 14.6. The molecule has 1 atom stereocenters. The van der Waals surface area contributed by atoms with Gasteiger partial charge in [0.2, 0.25) is 17.7 Å². The van der Waals surface area contributed by atoms with Crippen LogP contribution in [0.1, 0.15) is 31.4 Å². The molecule has 0 saturated heterocycles. The fourth-order valence-corrected chi connectivity index (χ4v) is 3.41. The van der Waals surface area contributed by atoms with Crippen LogP contribution in [0.5, 0.6) is 5.88 Å². The van der Waals surface area contributed by atoms with Gasteiger partial charge in [-0.2, -0.15) is 13.2 Å². The van der Waals surface area contributed by atoms with Crippen LogP contribution in [-0.4, -0.2) is 40.5 Å². The Labute approximate surface area is 178 Å². The fourth-order valence-electron chi connectivity index (χ4n) is 3.41. The van der Waals surface area contributed by atoms with E-state index in [1.807, 2.05) is 38.1 Å². The number of benzene rings is 1. The zero-order valence-corrected chi connectivity index (χ0v) is 17.3. The minimum atomic E-state index is -4.46. The number of fused-ring (bicyclic) bond motifs is 1. The third kappa shape index (κ3) is 6.19. The lowest BCUT2D eigenvalue weighted by atomic mass is 9.92. The van der Waals surface area contributed by atoms with E-state index in [0.717, 1.165) is 11.1 Å². The summed E-state index contributed by atoms with van der Waals surface area (Å²) in [6.45, 7) is 2.79. The van der Waals surface area contributed by atoms with Crippen molar-refractivity contribution in [2.24, 2.45) is 5.92 Å². The topological polar surface area (TPSA) is 71.5 Å². The molecule has 1 aromatic heterocycles. The predicted octanol–water partition coefficient (Wildman–Crippen LogP) is 3.96. The van der Waals surface area contributed by atoms with Gasteiger partial charge in [0.05, 0.1) is 11.9 Å². The Morgan fingerprint density at radius 2 is 1.90 bits per heavy atom. The number of nitrogens with one attached hydrogen (secondary N) is 1. The van der Waals surface area contributed by atoms with E-state index in [-0.39, 0.29) is 23.6 Å². The van der Waals surface area contributed by atoms with Crippen LogP contribution in [0, 0.1) is 5.92 Å². The first kappa shape index (κ1) is 22.6. The maximum absolute atomic E-state index is 13.0. The minimum Gasteiger partial charge on any atom is -0.468 e. The Morgan fingerprint density at radius 3 is 2.52 bits per heavy atom. The number of nitrogens with zero attached hydrogens (tertiary/aromatic N) is 2. The van der Waals surface area contributed by atoms with E-state index >= 15 is 0 Å². The molecule has 0 spiro atoms. The lowest BCUT2D eigenvalue weighted by molar-refractivity contribution is -0.154. The van der Waals surface area contributed by atoms with Crippen LogP contribution < -0.4 is 10.1 Å². The average molecular weight is 435 g/mol. The average Bonchev–Trinajstić information content (AvgIpc) is 2.71. The van der Waals surface area contributed by atoms with Crippen LogP contribution >= 0.6 is 0 Å². The van der Waals surface area contributed by atoms with Gasteiger partial charge in [0.25, 0.3) is 0 Å². The lowest BCUT2D eigenvalue weighted by Gasteiger charge is -2.36. The van der Waals surface area contributed by atoms with Crippen molar-refractivity contribution in [3.05, 3.63) is 53.7 Å². The summed E-state index contributed by atoms with van der Waals surface area (Å²) in [6.07, 6.45) is -2.52. The van der Waals surface area contributed by atoms with Gasteiger partial charge in [0, 0.05) is 25.5 Å². The van der Waals surface area contributed by atoms with E-state index in [2.05, 4.69) is 15.0 Å². The highest BCUT2D eigenvalue weighted by Crippen LogP contribution is 2.26. The maximum atomic E-state index is 13.0. The van der Waals surface area contributed by atoms with Gasteiger partial charge in [-0.25, -0.2) is 4.98 Å². The Balaban J connectivity index is 1.72. The predicted molar refractivity (Wildman–Crippen MR) is 108 cm³/mol. The van der Waals surface area contributed by atoms with Crippen molar-refractivity contribution in [1.82, 2.24) is 9.88 Å². The summed E-state index contributed by atoms with van der Waals surface area (Å²) in [5, 5.41) is 2.71. The molecule has 1 aliphatic rings. The third-order valence-electron chi connectivity index (χ3n) is 4.84. The van der Waals surface area contributed by atoms with Crippen molar-refractivity contribution in [2.45, 2.75) is 45.5 Å². The molecule has 0 aliphatic carbocycles. The molecule has 0 radical (unpaired) electrons. The van der Waals surface area contributed by atoms with Gasteiger partial charge in [0.15, 0.2) is 6.61 Å². The first-order valence-corrected chi connectivity index (χ1v) is 9.95. The molecule has 1 aliphatic heterocycles. The van der Waals surface area contributed by atoms with Gasteiger partial charge in [-0.15, -0.1) is 0 Å². The van der Waals surface area contributed by atoms with E-state index < -0.39 is 18.8 Å². The number of aromatic nitrogens is 1. The van der Waals surface area contributed by atoms with Gasteiger partial charge in [-0.05, 0) is 23.1 Å². The van der Waals surface area contributed by atoms with Crippen molar-refractivity contribution in [3.8, 4) is 5.88 Å². The van der Waals surface area contributed by atoms with E-state index in [1.165, 1.54) is 18.3 Å². The number of hydrogen-bond acceptors (Lipinski definition) is 4. The number of alkyl halides is 3. The van der Waals surface area contributed by atoms with E-state index in [0.29, 0.717) is 25.1 Å². The molecule has 0 saturated carbocycles. The second kappa shape index (κ2) is 9.36. The summed E-state index contributed by atoms with van der Waals surface area (Å²) in [6, 6.07) is 9.65. The van der Waals surface area contributed by atoms with Crippen LogP contribution in [0.4, 0.5) is 18.9 Å². The van der Waals surface area contributed by atoms with Gasteiger partial charge in [0.1, 0.15) is 6.04 Å². The van der Waals surface area contributed by atoms with Crippen LogP contribution in [0.15, 0.2) is 42.6 Å². The number of amides is 2. The van der Waals surface area contributed by atoms with Gasteiger partial charge < -0.3 is 15.0 Å². The number of pyridine rings is 1. The Morgan fingerprint density at radius 1 is 1.19 bits per heavy atom. The molecule has 0 bridgehead atoms. The molecule has 31 heavy (non-hydrogen) atoms.